The van der Waals surface area contributed by atoms with Crippen LogP contribution in [0, 0.1) is 0 Å². The average molecular weight is 326 g/mol. The minimum atomic E-state index is -2.98. The number of nitrogens with one attached hydrogen (secondary N) is 1. The predicted molar refractivity (Wildman–Crippen MR) is 86.1 cm³/mol. The lowest BCUT2D eigenvalue weighted by atomic mass is 9.86. The Balaban J connectivity index is 2.09. The Morgan fingerprint density at radius 2 is 1.91 bits per heavy atom. The molecule has 0 aliphatic carbocycles. The van der Waals surface area contributed by atoms with E-state index in [0.717, 1.165) is 10.6 Å². The number of benzene rings is 1. The third-order valence-electron chi connectivity index (χ3n) is 3.85. The van der Waals surface area contributed by atoms with E-state index in [-0.39, 0.29) is 13.0 Å². The van der Waals surface area contributed by atoms with Gasteiger partial charge in [0.25, 0.3) is 5.92 Å². The van der Waals surface area contributed by atoms with Gasteiger partial charge in [0.15, 0.2) is 0 Å². The maximum absolute atomic E-state index is 14.5. The first-order chi connectivity index (χ1) is 10.6. The van der Waals surface area contributed by atoms with E-state index in [2.05, 4.69) is 5.32 Å². The molecule has 1 N–H and O–H groups in total. The van der Waals surface area contributed by atoms with Gasteiger partial charge in [-0.25, -0.2) is 13.6 Å². The number of hydrogen-bond donors (Lipinski definition) is 1. The third kappa shape index (κ3) is 4.33. The molecule has 0 bridgehead atoms. The van der Waals surface area contributed by atoms with Crippen LogP contribution in [0.1, 0.15) is 38.7 Å². The SMILES string of the molecule is CNc1ccc(C2CCN(C(=O)OC(C)(C)C)CC2(F)F)cc1. The summed E-state index contributed by atoms with van der Waals surface area (Å²) in [4.78, 5) is 13.1. The maximum Gasteiger partial charge on any atom is 0.410 e. The minimum Gasteiger partial charge on any atom is -0.444 e. The van der Waals surface area contributed by atoms with Gasteiger partial charge in [-0.15, -0.1) is 0 Å². The molecule has 0 spiro atoms. The molecular weight excluding hydrogens is 302 g/mol. The van der Waals surface area contributed by atoms with Gasteiger partial charge in [-0.2, -0.15) is 0 Å². The number of carbonyl (C=O) groups is 1. The van der Waals surface area contributed by atoms with Crippen LogP contribution in [0.2, 0.25) is 0 Å². The summed E-state index contributed by atoms with van der Waals surface area (Å²) in [6.45, 7) is 4.82. The zero-order chi connectivity index (χ0) is 17.3. The Morgan fingerprint density at radius 3 is 2.39 bits per heavy atom. The lowest BCUT2D eigenvalue weighted by Gasteiger charge is -2.39. The van der Waals surface area contributed by atoms with Gasteiger partial charge in [0.1, 0.15) is 5.60 Å². The van der Waals surface area contributed by atoms with Crippen molar-refractivity contribution in [2.45, 2.75) is 44.6 Å². The highest BCUT2D eigenvalue weighted by Crippen LogP contribution is 2.40. The van der Waals surface area contributed by atoms with Crippen molar-refractivity contribution >= 4 is 11.8 Å². The minimum absolute atomic E-state index is 0.213. The molecule has 1 aliphatic heterocycles. The van der Waals surface area contributed by atoms with Crippen LogP contribution >= 0.6 is 0 Å². The first-order valence-electron chi connectivity index (χ1n) is 7.76. The van der Waals surface area contributed by atoms with Crippen LogP contribution in [0.3, 0.4) is 0 Å². The molecule has 6 heteroatoms. The molecule has 2 rings (SSSR count). The summed E-state index contributed by atoms with van der Waals surface area (Å²) in [5.74, 6) is -3.86. The molecule has 1 heterocycles. The zero-order valence-electron chi connectivity index (χ0n) is 14.0. The fourth-order valence-corrected chi connectivity index (χ4v) is 2.71. The van der Waals surface area contributed by atoms with E-state index >= 15 is 0 Å². The number of carbonyl (C=O) groups excluding carboxylic acids is 1. The number of rotatable bonds is 2. The highest BCUT2D eigenvalue weighted by atomic mass is 19.3. The molecule has 0 radical (unpaired) electrons. The fourth-order valence-electron chi connectivity index (χ4n) is 2.71. The highest BCUT2D eigenvalue weighted by molar-refractivity contribution is 5.68. The smallest absolute Gasteiger partial charge is 0.410 e. The number of anilines is 1. The van der Waals surface area contributed by atoms with E-state index in [0.29, 0.717) is 5.56 Å². The molecule has 1 aliphatic rings. The summed E-state index contributed by atoms with van der Waals surface area (Å²) >= 11 is 0. The largest absolute Gasteiger partial charge is 0.444 e. The number of amides is 1. The van der Waals surface area contributed by atoms with Gasteiger partial charge in [0.05, 0.1) is 12.5 Å². The number of piperidine rings is 1. The van der Waals surface area contributed by atoms with E-state index < -0.39 is 30.1 Å². The van der Waals surface area contributed by atoms with Gasteiger partial charge >= 0.3 is 6.09 Å². The lowest BCUT2D eigenvalue weighted by Crippen LogP contribution is -2.50. The molecule has 1 aromatic carbocycles. The molecule has 1 unspecified atom stereocenters. The van der Waals surface area contributed by atoms with Crippen LogP contribution < -0.4 is 5.32 Å². The molecule has 23 heavy (non-hydrogen) atoms. The first-order valence-corrected chi connectivity index (χ1v) is 7.76. The molecule has 1 saturated heterocycles. The Bertz CT molecular complexity index is 553. The summed E-state index contributed by atoms with van der Waals surface area (Å²) in [6, 6.07) is 7.00. The number of hydrogen-bond acceptors (Lipinski definition) is 3. The van der Waals surface area contributed by atoms with E-state index in [1.807, 2.05) is 0 Å². The Morgan fingerprint density at radius 1 is 1.30 bits per heavy atom. The standard InChI is InChI=1S/C17H24F2N2O2/c1-16(2,3)23-15(22)21-10-9-14(17(18,19)11-21)12-5-7-13(20-4)8-6-12/h5-8,14,20H,9-11H2,1-4H3. The Kier molecular flexibility index (Phi) is 4.82. The zero-order valence-corrected chi connectivity index (χ0v) is 14.0. The molecule has 1 fully saturated rings. The molecule has 1 amide bonds. The van der Waals surface area contributed by atoms with E-state index in [9.17, 15) is 13.6 Å². The molecule has 0 aromatic heterocycles. The van der Waals surface area contributed by atoms with Crippen LogP contribution in [0.5, 0.6) is 0 Å². The molecule has 1 atom stereocenters. The second kappa shape index (κ2) is 6.34. The molecule has 0 saturated carbocycles. The van der Waals surface area contributed by atoms with Gasteiger partial charge < -0.3 is 15.0 Å². The predicted octanol–water partition coefficient (Wildman–Crippen LogP) is 4.09. The van der Waals surface area contributed by atoms with Crippen LogP contribution in [0.25, 0.3) is 0 Å². The monoisotopic (exact) mass is 326 g/mol. The molecule has 4 nitrogen and oxygen atoms in total. The van der Waals surface area contributed by atoms with E-state index in [4.69, 9.17) is 4.74 Å². The van der Waals surface area contributed by atoms with Gasteiger partial charge in [-0.05, 0) is 44.9 Å². The Hall–Kier alpha value is -1.85. The van der Waals surface area contributed by atoms with Crippen molar-refractivity contribution < 1.29 is 18.3 Å². The van der Waals surface area contributed by atoms with Crippen LogP contribution in [0.4, 0.5) is 19.3 Å². The normalized spacial score (nSPS) is 21.0. The van der Waals surface area contributed by atoms with Crippen molar-refractivity contribution in [2.75, 3.05) is 25.5 Å². The van der Waals surface area contributed by atoms with Crippen molar-refractivity contribution in [3.05, 3.63) is 29.8 Å². The van der Waals surface area contributed by atoms with Crippen molar-refractivity contribution in [3.63, 3.8) is 0 Å². The molecule has 128 valence electrons. The summed E-state index contributed by atoms with van der Waals surface area (Å²) in [6.07, 6.45) is -0.466. The number of nitrogens with zero attached hydrogens (tertiary/aromatic N) is 1. The quantitative estimate of drug-likeness (QED) is 0.890. The van der Waals surface area contributed by atoms with Gasteiger partial charge in [-0.3, -0.25) is 0 Å². The number of ether oxygens (including phenoxy) is 1. The average Bonchev–Trinajstić information content (AvgIpc) is 2.44. The van der Waals surface area contributed by atoms with Crippen molar-refractivity contribution in [1.29, 1.82) is 0 Å². The molecular formula is C17H24F2N2O2. The summed E-state index contributed by atoms with van der Waals surface area (Å²) in [5.41, 5.74) is 0.785. The van der Waals surface area contributed by atoms with Crippen molar-refractivity contribution in [3.8, 4) is 0 Å². The molecule has 1 aromatic rings. The first kappa shape index (κ1) is 17.5. The number of alkyl halides is 2. The lowest BCUT2D eigenvalue weighted by molar-refractivity contribution is -0.0848. The van der Waals surface area contributed by atoms with Gasteiger partial charge in [0.2, 0.25) is 0 Å². The van der Waals surface area contributed by atoms with Crippen LogP contribution in [0.15, 0.2) is 24.3 Å². The number of likely N-dealkylation sites (tertiary alicyclic amines) is 1. The highest BCUT2D eigenvalue weighted by Gasteiger charge is 2.47. The Labute approximate surface area is 135 Å². The second-order valence-corrected chi connectivity index (χ2v) is 6.88. The van der Waals surface area contributed by atoms with Crippen molar-refractivity contribution in [2.24, 2.45) is 0 Å². The van der Waals surface area contributed by atoms with Crippen molar-refractivity contribution in [1.82, 2.24) is 4.90 Å². The van der Waals surface area contributed by atoms with Crippen LogP contribution in [-0.4, -0.2) is 42.7 Å². The number of halogens is 2. The van der Waals surface area contributed by atoms with Gasteiger partial charge in [0, 0.05) is 19.3 Å². The summed E-state index contributed by atoms with van der Waals surface area (Å²) in [7, 11) is 1.78. The van der Waals surface area contributed by atoms with Gasteiger partial charge in [-0.1, -0.05) is 12.1 Å². The van der Waals surface area contributed by atoms with E-state index in [1.54, 1.807) is 52.1 Å². The third-order valence-corrected chi connectivity index (χ3v) is 3.85. The summed E-state index contributed by atoms with van der Waals surface area (Å²) < 4.78 is 34.2. The fraction of sp³-hybridized carbons (Fsp3) is 0.588. The topological polar surface area (TPSA) is 41.6 Å². The summed E-state index contributed by atoms with van der Waals surface area (Å²) in [5, 5.41) is 2.96. The van der Waals surface area contributed by atoms with E-state index in [1.165, 1.54) is 0 Å². The van der Waals surface area contributed by atoms with Crippen LogP contribution in [-0.2, 0) is 4.74 Å². The maximum atomic E-state index is 14.5. The second-order valence-electron chi connectivity index (χ2n) is 6.88.